The molecule has 6 rings (SSSR count). The second kappa shape index (κ2) is 10.2. The van der Waals surface area contributed by atoms with Crippen molar-refractivity contribution < 1.29 is 9.47 Å². The quantitative estimate of drug-likeness (QED) is 0.595. The second-order valence-electron chi connectivity index (χ2n) is 13.4. The Bertz CT molecular complexity index is 827. The summed E-state index contributed by atoms with van der Waals surface area (Å²) in [6.07, 6.45) is 14.6. The lowest BCUT2D eigenvalue weighted by Gasteiger charge is -2.45. The molecule has 6 unspecified atom stereocenters. The molecule has 198 valence electrons. The van der Waals surface area contributed by atoms with E-state index in [1.165, 1.54) is 70.9 Å². The number of nitrogens with one attached hydrogen (secondary N) is 1. The third kappa shape index (κ3) is 4.62. The molecule has 0 aromatic carbocycles. The van der Waals surface area contributed by atoms with Gasteiger partial charge in [0.2, 0.25) is 0 Å². The summed E-state index contributed by atoms with van der Waals surface area (Å²) in [6, 6.07) is 7.21. The van der Waals surface area contributed by atoms with E-state index in [0.717, 1.165) is 42.8 Å². The van der Waals surface area contributed by atoms with Crippen LogP contribution in [0, 0.1) is 58.2 Å². The number of rotatable bonds is 3. The Labute approximate surface area is 218 Å². The smallest absolute Gasteiger partial charge is 0.163 e. The lowest BCUT2D eigenvalue weighted by molar-refractivity contribution is -0.156. The van der Waals surface area contributed by atoms with Gasteiger partial charge in [0.1, 0.15) is 0 Å². The number of nitrogens with zero attached hydrogens (tertiary/aromatic N) is 3. The Kier molecular flexibility index (Phi) is 7.10. The first-order chi connectivity index (χ1) is 17.5. The topological polar surface area (TPSA) is 81.3 Å². The van der Waals surface area contributed by atoms with Crippen molar-refractivity contribution in [1.82, 2.24) is 10.2 Å². The van der Waals surface area contributed by atoms with E-state index in [-0.39, 0.29) is 30.0 Å². The van der Waals surface area contributed by atoms with Crippen molar-refractivity contribution in [2.24, 2.45) is 35.5 Å². The molecule has 0 radical (unpaired) electrons. The maximum absolute atomic E-state index is 9.64. The average molecular weight is 495 g/mol. The van der Waals surface area contributed by atoms with E-state index in [4.69, 9.17) is 9.47 Å². The normalized spacial score (nSPS) is 48.9. The van der Waals surface area contributed by atoms with Crippen LogP contribution in [-0.2, 0) is 9.47 Å². The number of hydrogen-bond donors (Lipinski definition) is 1. The summed E-state index contributed by atoms with van der Waals surface area (Å²) in [4.78, 5) is 3.03. The number of ether oxygens (including phenoxy) is 2. The van der Waals surface area contributed by atoms with Crippen LogP contribution < -0.4 is 5.32 Å². The molecule has 6 heteroatoms. The lowest BCUT2D eigenvalue weighted by atomic mass is 9.70. The van der Waals surface area contributed by atoms with Crippen LogP contribution in [0.15, 0.2) is 0 Å². The van der Waals surface area contributed by atoms with Gasteiger partial charge in [-0.05, 0) is 108 Å². The first kappa shape index (κ1) is 25.1. The van der Waals surface area contributed by atoms with Gasteiger partial charge in [-0.3, -0.25) is 4.90 Å². The molecule has 6 fully saturated rings. The van der Waals surface area contributed by atoms with Gasteiger partial charge in [-0.15, -0.1) is 0 Å². The van der Waals surface area contributed by atoms with E-state index in [0.29, 0.717) is 12.3 Å². The molecule has 3 heterocycles. The van der Waals surface area contributed by atoms with Crippen LogP contribution in [0.25, 0.3) is 0 Å². The van der Waals surface area contributed by atoms with Crippen molar-refractivity contribution in [3.63, 3.8) is 0 Å². The predicted molar refractivity (Wildman–Crippen MR) is 137 cm³/mol. The van der Waals surface area contributed by atoms with E-state index >= 15 is 0 Å². The van der Waals surface area contributed by atoms with Crippen LogP contribution >= 0.6 is 0 Å². The monoisotopic (exact) mass is 494 g/mol. The summed E-state index contributed by atoms with van der Waals surface area (Å²) in [5.74, 6) is 1.96. The van der Waals surface area contributed by atoms with Crippen molar-refractivity contribution in [1.29, 1.82) is 10.5 Å². The van der Waals surface area contributed by atoms with Gasteiger partial charge in [0.05, 0.1) is 24.3 Å². The summed E-state index contributed by atoms with van der Waals surface area (Å²) in [5, 5.41) is 23.0. The fourth-order valence-corrected chi connectivity index (χ4v) is 9.60. The van der Waals surface area contributed by atoms with E-state index < -0.39 is 5.79 Å². The van der Waals surface area contributed by atoms with Crippen LogP contribution in [0.5, 0.6) is 0 Å². The molecular weight excluding hydrogens is 448 g/mol. The molecule has 0 aromatic heterocycles. The summed E-state index contributed by atoms with van der Waals surface area (Å²) < 4.78 is 13.2. The van der Waals surface area contributed by atoms with Crippen LogP contribution in [0.3, 0.4) is 0 Å². The molecule has 8 atom stereocenters. The SMILES string of the molecule is CC1(C)O[C@H](C2CCC(N3C4CCCCC4C4CCNCC43)CC2)[C@@H](C2CC(C#N)CC(C#N)C2)O1. The Balaban J connectivity index is 1.14. The van der Waals surface area contributed by atoms with Gasteiger partial charge < -0.3 is 14.8 Å². The van der Waals surface area contributed by atoms with Crippen molar-refractivity contribution in [3.05, 3.63) is 0 Å². The van der Waals surface area contributed by atoms with Crippen LogP contribution in [-0.4, -0.2) is 54.1 Å². The Morgan fingerprint density at radius 3 is 2.08 bits per heavy atom. The largest absolute Gasteiger partial charge is 0.344 e. The first-order valence-electron chi connectivity index (χ1n) is 15.1. The molecule has 3 saturated carbocycles. The maximum Gasteiger partial charge on any atom is 0.163 e. The molecular formula is C30H46N4O2. The van der Waals surface area contributed by atoms with Gasteiger partial charge in [-0.25, -0.2) is 0 Å². The fourth-order valence-electron chi connectivity index (χ4n) is 9.60. The third-order valence-electron chi connectivity index (χ3n) is 11.0. The molecule has 0 aromatic rings. The van der Waals surface area contributed by atoms with Crippen molar-refractivity contribution in [2.75, 3.05) is 13.1 Å². The molecule has 6 aliphatic rings. The van der Waals surface area contributed by atoms with E-state index in [1.807, 2.05) is 13.8 Å². The van der Waals surface area contributed by atoms with Crippen molar-refractivity contribution in [3.8, 4) is 12.1 Å². The predicted octanol–water partition coefficient (Wildman–Crippen LogP) is 5.00. The second-order valence-corrected chi connectivity index (χ2v) is 13.4. The lowest BCUT2D eigenvalue weighted by Crippen LogP contribution is -2.53. The number of hydrogen-bond acceptors (Lipinski definition) is 6. The van der Waals surface area contributed by atoms with Gasteiger partial charge in [0, 0.05) is 36.5 Å². The highest BCUT2D eigenvalue weighted by Crippen LogP contribution is 2.50. The average Bonchev–Trinajstić information content (AvgIpc) is 3.42. The fraction of sp³-hybridized carbons (Fsp3) is 0.933. The third-order valence-corrected chi connectivity index (χ3v) is 11.0. The number of fused-ring (bicyclic) bond motifs is 3. The first-order valence-corrected chi connectivity index (χ1v) is 15.1. The van der Waals surface area contributed by atoms with Gasteiger partial charge in [0.25, 0.3) is 0 Å². The maximum atomic E-state index is 9.64. The minimum Gasteiger partial charge on any atom is -0.344 e. The van der Waals surface area contributed by atoms with Gasteiger partial charge in [-0.2, -0.15) is 10.5 Å². The number of likely N-dealkylation sites (tertiary alicyclic amines) is 1. The molecule has 1 N–H and O–H groups in total. The number of nitriles is 2. The molecule has 36 heavy (non-hydrogen) atoms. The molecule has 0 amide bonds. The molecule has 3 aliphatic heterocycles. The van der Waals surface area contributed by atoms with Gasteiger partial charge in [-0.1, -0.05) is 12.8 Å². The van der Waals surface area contributed by atoms with E-state index in [2.05, 4.69) is 22.4 Å². The highest BCUT2D eigenvalue weighted by molar-refractivity contribution is 5.07. The molecule has 0 spiro atoms. The Hall–Kier alpha value is -1.18. The van der Waals surface area contributed by atoms with Crippen LogP contribution in [0.4, 0.5) is 0 Å². The minimum absolute atomic E-state index is 0.00925. The highest BCUT2D eigenvalue weighted by atomic mass is 16.8. The summed E-state index contributed by atoms with van der Waals surface area (Å²) in [6.45, 7) is 6.49. The highest BCUT2D eigenvalue weighted by Gasteiger charge is 2.54. The minimum atomic E-state index is -0.584. The molecule has 3 saturated heterocycles. The Morgan fingerprint density at radius 2 is 1.39 bits per heavy atom. The summed E-state index contributed by atoms with van der Waals surface area (Å²) >= 11 is 0. The summed E-state index contributed by atoms with van der Waals surface area (Å²) in [7, 11) is 0. The van der Waals surface area contributed by atoms with Crippen molar-refractivity contribution in [2.45, 2.75) is 127 Å². The molecule has 6 nitrogen and oxygen atoms in total. The summed E-state index contributed by atoms with van der Waals surface area (Å²) in [5.41, 5.74) is 0. The van der Waals surface area contributed by atoms with Gasteiger partial charge in [0.15, 0.2) is 5.79 Å². The molecule has 0 bridgehead atoms. The Morgan fingerprint density at radius 1 is 0.750 bits per heavy atom. The zero-order chi connectivity index (χ0) is 24.9. The van der Waals surface area contributed by atoms with Gasteiger partial charge >= 0.3 is 0 Å². The van der Waals surface area contributed by atoms with E-state index in [9.17, 15) is 10.5 Å². The molecule has 3 aliphatic carbocycles. The van der Waals surface area contributed by atoms with Crippen LogP contribution in [0.1, 0.15) is 90.9 Å². The zero-order valence-electron chi connectivity index (χ0n) is 22.4. The van der Waals surface area contributed by atoms with Crippen molar-refractivity contribution >= 4 is 0 Å². The number of piperidine rings is 1. The van der Waals surface area contributed by atoms with E-state index in [1.54, 1.807) is 0 Å². The van der Waals surface area contributed by atoms with Crippen LogP contribution in [0.2, 0.25) is 0 Å². The standard InChI is InChI=1S/C30H46N4O2/c1-30(2)35-28(29(36-30)22-14-19(16-31)13-20(15-22)17-32)21-7-9-23(10-8-21)34-26-6-4-3-5-24(26)25-11-12-33-18-27(25)34/h19-29,33H,3-15,18H2,1-2H3/t19?,20?,21?,22?,23?,24?,25?,26?,27?,28-,29-/m1/s1. The zero-order valence-corrected chi connectivity index (χ0v) is 22.4.